The van der Waals surface area contributed by atoms with E-state index >= 15 is 0 Å². The van der Waals surface area contributed by atoms with Crippen LogP contribution >= 0.6 is 0 Å². The first-order valence-electron chi connectivity index (χ1n) is 10.9. The Morgan fingerprint density at radius 2 is 1.92 bits per heavy atom. The van der Waals surface area contributed by atoms with Crippen molar-refractivity contribution in [3.8, 4) is 34.1 Å². The lowest BCUT2D eigenvalue weighted by molar-refractivity contribution is -0.142. The van der Waals surface area contributed by atoms with Gasteiger partial charge in [0, 0.05) is 35.2 Å². The van der Waals surface area contributed by atoms with Crippen molar-refractivity contribution in [1.82, 2.24) is 34.6 Å². The number of ether oxygens (including phenoxy) is 1. The number of aryl methyl sites for hydroxylation is 1. The van der Waals surface area contributed by atoms with Gasteiger partial charge in [0.2, 0.25) is 5.88 Å². The molecule has 0 aliphatic rings. The van der Waals surface area contributed by atoms with E-state index in [1.807, 2.05) is 6.07 Å². The number of pyridine rings is 2. The first kappa shape index (κ1) is 23.4. The van der Waals surface area contributed by atoms with Gasteiger partial charge in [-0.3, -0.25) is 4.68 Å². The average Bonchev–Trinajstić information content (AvgIpc) is 3.40. The molecule has 1 atom stereocenters. The molecule has 1 unspecified atom stereocenters. The summed E-state index contributed by atoms with van der Waals surface area (Å²) in [6, 6.07) is 10.4. The number of hydrogen-bond acceptors (Lipinski definition) is 7. The summed E-state index contributed by atoms with van der Waals surface area (Å²) in [5.41, 5.74) is 3.58. The van der Waals surface area contributed by atoms with E-state index in [0.29, 0.717) is 45.4 Å². The molecule has 5 aromatic rings. The average molecular weight is 495 g/mol. The number of fused-ring (bicyclic) bond motifs is 1. The van der Waals surface area contributed by atoms with E-state index in [1.165, 1.54) is 6.20 Å². The van der Waals surface area contributed by atoms with E-state index in [1.54, 1.807) is 67.3 Å². The third kappa shape index (κ3) is 4.75. The van der Waals surface area contributed by atoms with Crippen LogP contribution in [0.15, 0.2) is 61.2 Å². The Balaban J connectivity index is 1.54. The van der Waals surface area contributed by atoms with Gasteiger partial charge < -0.3 is 9.84 Å². The maximum absolute atomic E-state index is 12.9. The summed E-state index contributed by atoms with van der Waals surface area (Å²) < 4.78 is 46.9. The maximum atomic E-state index is 12.9. The first-order valence-corrected chi connectivity index (χ1v) is 10.9. The number of hydrogen-bond donors (Lipinski definition) is 1. The third-order valence-electron chi connectivity index (χ3n) is 5.45. The molecular formula is C24H20F3N7O2. The van der Waals surface area contributed by atoms with Crippen molar-refractivity contribution in [2.45, 2.75) is 32.7 Å². The predicted octanol–water partition coefficient (Wildman–Crippen LogP) is 4.77. The fraction of sp³-hybridized carbons (Fsp3) is 0.208. The van der Waals surface area contributed by atoms with Gasteiger partial charge in [0.15, 0.2) is 0 Å². The van der Waals surface area contributed by atoms with Gasteiger partial charge >= 0.3 is 6.18 Å². The van der Waals surface area contributed by atoms with Crippen molar-refractivity contribution in [1.29, 1.82) is 0 Å². The zero-order valence-corrected chi connectivity index (χ0v) is 19.2. The minimum Gasteiger partial charge on any atom is -0.436 e. The largest absolute Gasteiger partial charge is 0.436 e. The van der Waals surface area contributed by atoms with Gasteiger partial charge in [-0.2, -0.15) is 28.5 Å². The monoisotopic (exact) mass is 495 g/mol. The van der Waals surface area contributed by atoms with Crippen LogP contribution in [0.2, 0.25) is 0 Å². The molecule has 0 fully saturated rings. The molecule has 0 amide bonds. The molecule has 5 rings (SSSR count). The number of rotatable bonds is 6. The molecule has 0 bridgehead atoms. The number of aliphatic hydroxyl groups excluding tert-OH is 1. The molecule has 0 aromatic carbocycles. The summed E-state index contributed by atoms with van der Waals surface area (Å²) in [7, 11) is 0. The molecule has 0 radical (unpaired) electrons. The zero-order chi connectivity index (χ0) is 25.4. The highest BCUT2D eigenvalue weighted by molar-refractivity contribution is 5.80. The molecule has 0 saturated heterocycles. The number of alkyl halides is 3. The van der Waals surface area contributed by atoms with Gasteiger partial charge in [0.05, 0.1) is 41.1 Å². The molecule has 36 heavy (non-hydrogen) atoms. The fourth-order valence-corrected chi connectivity index (χ4v) is 3.87. The van der Waals surface area contributed by atoms with Crippen LogP contribution in [-0.2, 0) is 6.54 Å². The summed E-state index contributed by atoms with van der Waals surface area (Å²) in [4.78, 5) is 4.72. The summed E-state index contributed by atoms with van der Waals surface area (Å²) >= 11 is 0. The highest BCUT2D eigenvalue weighted by atomic mass is 19.4. The fourth-order valence-electron chi connectivity index (χ4n) is 3.87. The number of nitrogens with zero attached hydrogens (tertiary/aromatic N) is 7. The lowest BCUT2D eigenvalue weighted by Crippen LogP contribution is -2.17. The van der Waals surface area contributed by atoms with Crippen molar-refractivity contribution < 1.29 is 23.0 Å². The van der Waals surface area contributed by atoms with Crippen LogP contribution in [0.3, 0.4) is 0 Å². The highest BCUT2D eigenvalue weighted by Gasteiger charge is 2.29. The van der Waals surface area contributed by atoms with Gasteiger partial charge in [-0.15, -0.1) is 5.10 Å². The SMILES string of the molecule is Cc1nn(CC(F)(F)F)cc1-c1nc(-c2cnn3cc(Oc4cccnn4)ccc23)ccc1C(C)O. The number of aliphatic hydroxyl groups is 1. The number of aromatic nitrogens is 7. The summed E-state index contributed by atoms with van der Waals surface area (Å²) in [6.45, 7) is 1.96. The standard InChI is InChI=1S/C24H20F3N7O2/c1-14-19(12-33(32-14)13-24(25,26)27)23-17(15(2)35)6-7-20(30-23)18-10-29-34-11-16(5-8-21(18)34)36-22-4-3-9-28-31-22/h3-12,15,35H,13H2,1-2H3. The van der Waals surface area contributed by atoms with E-state index < -0.39 is 18.8 Å². The molecule has 9 nitrogen and oxygen atoms in total. The van der Waals surface area contributed by atoms with Crippen molar-refractivity contribution in [2.24, 2.45) is 0 Å². The van der Waals surface area contributed by atoms with Crippen LogP contribution in [0.5, 0.6) is 11.6 Å². The maximum Gasteiger partial charge on any atom is 0.408 e. The summed E-state index contributed by atoms with van der Waals surface area (Å²) in [6.07, 6.45) is 0.858. The summed E-state index contributed by atoms with van der Waals surface area (Å²) in [5.74, 6) is 0.842. The second-order valence-electron chi connectivity index (χ2n) is 8.17. The Hall–Kier alpha value is -4.32. The zero-order valence-electron chi connectivity index (χ0n) is 19.2. The third-order valence-corrected chi connectivity index (χ3v) is 5.45. The normalized spacial score (nSPS) is 12.7. The van der Waals surface area contributed by atoms with Crippen LogP contribution in [0, 0.1) is 6.92 Å². The van der Waals surface area contributed by atoms with E-state index in [-0.39, 0.29) is 0 Å². The van der Waals surface area contributed by atoms with E-state index in [9.17, 15) is 18.3 Å². The molecule has 5 heterocycles. The molecule has 1 N–H and O–H groups in total. The predicted molar refractivity (Wildman–Crippen MR) is 123 cm³/mol. The van der Waals surface area contributed by atoms with Gasteiger partial charge in [-0.25, -0.2) is 9.50 Å². The van der Waals surface area contributed by atoms with Crippen molar-refractivity contribution in [2.75, 3.05) is 0 Å². The molecular weight excluding hydrogens is 475 g/mol. The molecule has 0 aliphatic carbocycles. The molecule has 184 valence electrons. The Morgan fingerprint density at radius 3 is 2.64 bits per heavy atom. The Bertz CT molecular complexity index is 1530. The minimum absolute atomic E-state index is 0.339. The van der Waals surface area contributed by atoms with Crippen molar-refractivity contribution >= 4 is 5.52 Å². The number of halogens is 3. The van der Waals surface area contributed by atoms with E-state index in [2.05, 4.69) is 20.4 Å². The van der Waals surface area contributed by atoms with Crippen molar-refractivity contribution in [3.05, 3.63) is 72.4 Å². The highest BCUT2D eigenvalue weighted by Crippen LogP contribution is 2.33. The molecule has 12 heteroatoms. The summed E-state index contributed by atoms with van der Waals surface area (Å²) in [5, 5.41) is 26.4. The van der Waals surface area contributed by atoms with Crippen LogP contribution in [-0.4, -0.2) is 45.9 Å². The molecule has 5 aromatic heterocycles. The Labute approximate surface area is 202 Å². The Morgan fingerprint density at radius 1 is 1.08 bits per heavy atom. The van der Waals surface area contributed by atoms with Gasteiger partial charge in [-0.1, -0.05) is 6.07 Å². The van der Waals surface area contributed by atoms with Crippen LogP contribution in [0.4, 0.5) is 13.2 Å². The molecule has 0 saturated carbocycles. The van der Waals surface area contributed by atoms with Crippen LogP contribution < -0.4 is 4.74 Å². The molecule has 0 aliphatic heterocycles. The van der Waals surface area contributed by atoms with Crippen LogP contribution in [0.25, 0.3) is 28.0 Å². The van der Waals surface area contributed by atoms with Crippen molar-refractivity contribution in [3.63, 3.8) is 0 Å². The van der Waals surface area contributed by atoms with Crippen LogP contribution in [0.1, 0.15) is 24.3 Å². The Kier molecular flexibility index (Phi) is 5.88. The topological polar surface area (TPSA) is 103 Å². The van der Waals surface area contributed by atoms with Gasteiger partial charge in [0.25, 0.3) is 0 Å². The van der Waals surface area contributed by atoms with Gasteiger partial charge in [-0.05, 0) is 38.1 Å². The first-order chi connectivity index (χ1) is 17.2. The lowest BCUT2D eigenvalue weighted by atomic mass is 10.0. The van der Waals surface area contributed by atoms with Gasteiger partial charge in [0.1, 0.15) is 12.3 Å². The molecule has 0 spiro atoms. The van der Waals surface area contributed by atoms with E-state index in [0.717, 1.165) is 10.2 Å². The second-order valence-corrected chi connectivity index (χ2v) is 8.17. The second kappa shape index (κ2) is 9.04. The minimum atomic E-state index is -4.41. The quantitative estimate of drug-likeness (QED) is 0.362. The lowest BCUT2D eigenvalue weighted by Gasteiger charge is -2.12. The smallest absolute Gasteiger partial charge is 0.408 e. The van der Waals surface area contributed by atoms with E-state index in [4.69, 9.17) is 9.72 Å².